The molecule has 2 N–H and O–H groups in total. The Bertz CT molecular complexity index is 475. The number of nitrogens with two attached hydrogens (primary N) is 1. The molecular formula is C15H20N2O. The molecule has 0 amide bonds. The van der Waals surface area contributed by atoms with Crippen LogP contribution < -0.4 is 10.5 Å². The second-order valence-corrected chi connectivity index (χ2v) is 5.29. The normalized spacial score (nSPS) is 18.6. The van der Waals surface area contributed by atoms with Crippen molar-refractivity contribution in [1.29, 1.82) is 5.26 Å². The van der Waals surface area contributed by atoms with Crippen molar-refractivity contribution in [2.75, 3.05) is 7.11 Å². The summed E-state index contributed by atoms with van der Waals surface area (Å²) < 4.78 is 5.36. The Labute approximate surface area is 109 Å². The first kappa shape index (κ1) is 12.9. The Balaban J connectivity index is 2.38. The Kier molecular flexibility index (Phi) is 3.32. The minimum absolute atomic E-state index is 0.195. The molecule has 0 aliphatic heterocycles. The summed E-state index contributed by atoms with van der Waals surface area (Å²) in [5, 5.41) is 9.35. The van der Waals surface area contributed by atoms with Crippen molar-refractivity contribution >= 4 is 0 Å². The molecule has 96 valence electrons. The summed E-state index contributed by atoms with van der Waals surface area (Å²) in [5.74, 6) is 0.908. The summed E-state index contributed by atoms with van der Waals surface area (Å²) in [6.07, 6.45) is 2.93. The highest BCUT2D eigenvalue weighted by molar-refractivity contribution is 5.45. The predicted molar refractivity (Wildman–Crippen MR) is 71.3 cm³/mol. The number of benzene rings is 1. The first-order chi connectivity index (χ1) is 8.54. The Hall–Kier alpha value is -1.53. The van der Waals surface area contributed by atoms with E-state index in [1.165, 1.54) is 0 Å². The first-order valence-corrected chi connectivity index (χ1v) is 6.36. The maximum atomic E-state index is 9.35. The van der Waals surface area contributed by atoms with E-state index in [1.807, 2.05) is 26.0 Å². The lowest BCUT2D eigenvalue weighted by Crippen LogP contribution is -2.39. The lowest BCUT2D eigenvalue weighted by molar-refractivity contribution is 0.169. The van der Waals surface area contributed by atoms with Gasteiger partial charge in [-0.1, -0.05) is 18.6 Å². The molecule has 18 heavy (non-hydrogen) atoms. The maximum absolute atomic E-state index is 9.35. The van der Waals surface area contributed by atoms with E-state index in [0.717, 1.165) is 41.7 Å². The molecule has 3 heteroatoms. The average molecular weight is 244 g/mol. The molecule has 1 unspecified atom stereocenters. The van der Waals surface area contributed by atoms with Gasteiger partial charge in [0.2, 0.25) is 0 Å². The zero-order chi connectivity index (χ0) is 13.3. The van der Waals surface area contributed by atoms with Crippen LogP contribution in [0.4, 0.5) is 0 Å². The molecule has 0 bridgehead atoms. The fraction of sp³-hybridized carbons (Fsp3) is 0.533. The van der Waals surface area contributed by atoms with Crippen LogP contribution in [0.3, 0.4) is 0 Å². The van der Waals surface area contributed by atoms with E-state index in [1.54, 1.807) is 7.11 Å². The van der Waals surface area contributed by atoms with Crippen molar-refractivity contribution in [2.24, 2.45) is 11.1 Å². The van der Waals surface area contributed by atoms with Gasteiger partial charge in [-0.25, -0.2) is 0 Å². The van der Waals surface area contributed by atoms with Gasteiger partial charge in [0, 0.05) is 6.04 Å². The molecule has 2 rings (SSSR count). The molecule has 3 nitrogen and oxygen atoms in total. The standard InChI is InChI=1S/C15H20N2O/c1-10-7-12(8-11(2)13(10)18-3)14(17)15(9-16)5-4-6-15/h7-8,14H,4-6,17H2,1-3H3. The first-order valence-electron chi connectivity index (χ1n) is 6.36. The molecule has 0 heterocycles. The maximum Gasteiger partial charge on any atom is 0.124 e. The lowest BCUT2D eigenvalue weighted by atomic mass is 9.63. The van der Waals surface area contributed by atoms with Crippen molar-refractivity contribution in [1.82, 2.24) is 0 Å². The number of hydrogen-bond acceptors (Lipinski definition) is 3. The number of methoxy groups -OCH3 is 1. The van der Waals surface area contributed by atoms with Crippen LogP contribution in [0.5, 0.6) is 5.75 Å². The van der Waals surface area contributed by atoms with Gasteiger partial charge >= 0.3 is 0 Å². The van der Waals surface area contributed by atoms with Crippen molar-refractivity contribution in [3.8, 4) is 11.8 Å². The third kappa shape index (κ3) is 1.87. The van der Waals surface area contributed by atoms with E-state index >= 15 is 0 Å². The predicted octanol–water partition coefficient (Wildman–Crippen LogP) is 3.01. The van der Waals surface area contributed by atoms with Crippen LogP contribution in [-0.4, -0.2) is 7.11 Å². The van der Waals surface area contributed by atoms with Gasteiger partial charge in [0.1, 0.15) is 5.75 Å². The smallest absolute Gasteiger partial charge is 0.124 e. The van der Waals surface area contributed by atoms with Crippen LogP contribution in [-0.2, 0) is 0 Å². The van der Waals surface area contributed by atoms with Crippen molar-refractivity contribution in [3.05, 3.63) is 28.8 Å². The van der Waals surface area contributed by atoms with Gasteiger partial charge in [-0.3, -0.25) is 0 Å². The van der Waals surface area contributed by atoms with Gasteiger partial charge in [-0.2, -0.15) is 5.26 Å². The van der Waals surface area contributed by atoms with E-state index in [-0.39, 0.29) is 11.5 Å². The number of nitriles is 1. The minimum atomic E-state index is -0.354. The summed E-state index contributed by atoms with van der Waals surface area (Å²) in [7, 11) is 1.68. The Morgan fingerprint density at radius 1 is 1.33 bits per heavy atom. The highest BCUT2D eigenvalue weighted by atomic mass is 16.5. The second-order valence-electron chi connectivity index (χ2n) is 5.29. The van der Waals surface area contributed by atoms with E-state index in [0.29, 0.717) is 0 Å². The highest BCUT2D eigenvalue weighted by Crippen LogP contribution is 2.49. The second kappa shape index (κ2) is 4.62. The quantitative estimate of drug-likeness (QED) is 0.889. The molecule has 0 aromatic heterocycles. The molecule has 1 aromatic carbocycles. The highest BCUT2D eigenvalue weighted by Gasteiger charge is 2.43. The van der Waals surface area contributed by atoms with Gasteiger partial charge in [-0.15, -0.1) is 0 Å². The zero-order valence-electron chi connectivity index (χ0n) is 11.3. The Morgan fingerprint density at radius 3 is 2.22 bits per heavy atom. The van der Waals surface area contributed by atoms with E-state index in [9.17, 15) is 5.26 Å². The van der Waals surface area contributed by atoms with E-state index in [2.05, 4.69) is 6.07 Å². The van der Waals surface area contributed by atoms with Crippen molar-refractivity contribution in [3.63, 3.8) is 0 Å². The molecule has 0 radical (unpaired) electrons. The fourth-order valence-electron chi connectivity index (χ4n) is 2.85. The largest absolute Gasteiger partial charge is 0.496 e. The summed E-state index contributed by atoms with van der Waals surface area (Å²) in [4.78, 5) is 0. The fourth-order valence-corrected chi connectivity index (χ4v) is 2.85. The van der Waals surface area contributed by atoms with Crippen LogP contribution in [0.15, 0.2) is 12.1 Å². The van der Waals surface area contributed by atoms with Crippen LogP contribution >= 0.6 is 0 Å². The van der Waals surface area contributed by atoms with E-state index in [4.69, 9.17) is 10.5 Å². The molecule has 0 spiro atoms. The van der Waals surface area contributed by atoms with Gasteiger partial charge < -0.3 is 10.5 Å². The SMILES string of the molecule is COc1c(C)cc(C(N)C2(C#N)CCC2)cc1C. The third-order valence-electron chi connectivity index (χ3n) is 4.11. The van der Waals surface area contributed by atoms with Crippen molar-refractivity contribution in [2.45, 2.75) is 39.2 Å². The van der Waals surface area contributed by atoms with Crippen LogP contribution in [0.1, 0.15) is 42.0 Å². The molecule has 1 aliphatic rings. The third-order valence-corrected chi connectivity index (χ3v) is 4.11. The van der Waals surface area contributed by atoms with Gasteiger partial charge in [0.25, 0.3) is 0 Å². The number of nitrogens with zero attached hydrogens (tertiary/aromatic N) is 1. The molecule has 1 fully saturated rings. The number of hydrogen-bond donors (Lipinski definition) is 1. The van der Waals surface area contributed by atoms with Crippen molar-refractivity contribution < 1.29 is 4.74 Å². The van der Waals surface area contributed by atoms with E-state index < -0.39 is 0 Å². The minimum Gasteiger partial charge on any atom is -0.496 e. The molecular weight excluding hydrogens is 224 g/mol. The average Bonchev–Trinajstić information content (AvgIpc) is 2.27. The van der Waals surface area contributed by atoms with Crippen LogP contribution in [0, 0.1) is 30.6 Å². The van der Waals surface area contributed by atoms with Gasteiger partial charge in [0.15, 0.2) is 0 Å². The molecule has 1 aliphatic carbocycles. The number of ether oxygens (including phenoxy) is 1. The van der Waals surface area contributed by atoms with Gasteiger partial charge in [-0.05, 0) is 43.4 Å². The lowest BCUT2D eigenvalue weighted by Gasteiger charge is -2.40. The monoisotopic (exact) mass is 244 g/mol. The van der Waals surface area contributed by atoms with Crippen LogP contribution in [0.25, 0.3) is 0 Å². The van der Waals surface area contributed by atoms with Crippen LogP contribution in [0.2, 0.25) is 0 Å². The number of aryl methyl sites for hydroxylation is 2. The molecule has 1 aromatic rings. The summed E-state index contributed by atoms with van der Waals surface area (Å²) in [5.41, 5.74) is 9.16. The summed E-state index contributed by atoms with van der Waals surface area (Å²) in [6.45, 7) is 4.03. The molecule has 1 atom stereocenters. The topological polar surface area (TPSA) is 59.0 Å². The molecule has 0 saturated heterocycles. The number of rotatable bonds is 3. The summed E-state index contributed by atoms with van der Waals surface area (Å²) >= 11 is 0. The molecule has 1 saturated carbocycles. The zero-order valence-corrected chi connectivity index (χ0v) is 11.3. The van der Waals surface area contributed by atoms with Gasteiger partial charge in [0.05, 0.1) is 18.6 Å². The summed E-state index contributed by atoms with van der Waals surface area (Å²) in [6, 6.07) is 6.33. The Morgan fingerprint density at radius 2 is 1.89 bits per heavy atom.